The quantitative estimate of drug-likeness (QED) is 0.0183. The Balaban J connectivity index is 1.08. The number of allylic oxidation sites excluding steroid dienone is 1. The second-order valence-corrected chi connectivity index (χ2v) is 16.3. The van der Waals surface area contributed by atoms with E-state index in [2.05, 4.69) is 30.5 Å². The third-order valence-corrected chi connectivity index (χ3v) is 11.7. The number of aromatic nitrogens is 4. The van der Waals surface area contributed by atoms with E-state index in [9.17, 15) is 33.1 Å². The number of ether oxygens (including phenoxy) is 2. The van der Waals surface area contributed by atoms with Crippen molar-refractivity contribution >= 4 is 47.0 Å². The van der Waals surface area contributed by atoms with Crippen molar-refractivity contribution in [2.45, 2.75) is 90.2 Å². The number of nitrogens with two attached hydrogens (primary N) is 1. The van der Waals surface area contributed by atoms with Crippen molar-refractivity contribution in [3.8, 4) is 5.75 Å². The number of phosphoric acid groups is 2. The van der Waals surface area contributed by atoms with Gasteiger partial charge in [0.25, 0.3) is 5.56 Å². The van der Waals surface area contributed by atoms with Gasteiger partial charge in [-0.05, 0) is 34.8 Å². The van der Waals surface area contributed by atoms with Gasteiger partial charge < -0.3 is 24.7 Å². The molecule has 1 aliphatic rings. The van der Waals surface area contributed by atoms with Crippen LogP contribution in [0.4, 0.5) is 5.95 Å². The zero-order valence-corrected chi connectivity index (χ0v) is 31.4. The van der Waals surface area contributed by atoms with E-state index in [4.69, 9.17) is 24.3 Å². The van der Waals surface area contributed by atoms with E-state index in [1.54, 1.807) is 41.0 Å². The molecule has 0 aliphatic heterocycles. The van der Waals surface area contributed by atoms with Gasteiger partial charge in [-0.3, -0.25) is 24.0 Å². The van der Waals surface area contributed by atoms with Gasteiger partial charge in [-0.1, -0.05) is 87.1 Å². The summed E-state index contributed by atoms with van der Waals surface area (Å²) in [7, 11) is -13.9. The molecule has 0 saturated carbocycles. The Labute approximate surface area is 301 Å². The minimum Gasteiger partial charge on any atom is -0.427 e. The first-order valence-corrected chi connectivity index (χ1v) is 21.0. The molecule has 0 bridgehead atoms. The fraction of sp³-hybridized carbons (Fsp3) is 0.548. The number of phosphoric ester groups is 1. The summed E-state index contributed by atoms with van der Waals surface area (Å²) in [6.45, 7) is 1.16. The molecule has 0 saturated heterocycles. The molecule has 4 unspecified atom stereocenters. The van der Waals surface area contributed by atoms with Crippen molar-refractivity contribution in [2.75, 3.05) is 19.1 Å². The van der Waals surface area contributed by atoms with Crippen LogP contribution in [0.1, 0.15) is 89.2 Å². The van der Waals surface area contributed by atoms with E-state index in [0.717, 1.165) is 19.3 Å². The Hall–Kier alpha value is -3.14. The van der Waals surface area contributed by atoms with Gasteiger partial charge in [-0.25, -0.2) is 14.1 Å². The molecule has 2 aromatic heterocycles. The number of benzene rings is 1. The van der Waals surface area contributed by atoms with Gasteiger partial charge in [0, 0.05) is 16.9 Å². The van der Waals surface area contributed by atoms with Gasteiger partial charge in [0.2, 0.25) is 12.7 Å². The number of anilines is 1. The van der Waals surface area contributed by atoms with Gasteiger partial charge in [0.05, 0.1) is 25.6 Å². The number of hydrogen-bond acceptors (Lipinski definition) is 14. The summed E-state index contributed by atoms with van der Waals surface area (Å²) in [5.41, 5.74) is 6.13. The van der Waals surface area contributed by atoms with Gasteiger partial charge in [-0.2, -0.15) is 9.29 Å². The lowest BCUT2D eigenvalue weighted by molar-refractivity contribution is -0.134. The number of fused-ring (bicyclic) bond motifs is 1. The molecule has 18 nitrogen and oxygen atoms in total. The molecule has 286 valence electrons. The Kier molecular flexibility index (Phi) is 16.3. The number of imidazole rings is 1. The molecule has 52 heavy (non-hydrogen) atoms. The predicted octanol–water partition coefficient (Wildman–Crippen LogP) is 6.74. The van der Waals surface area contributed by atoms with Crippen LogP contribution < -0.4 is 16.0 Å². The molecule has 1 aromatic carbocycles. The van der Waals surface area contributed by atoms with Crippen LogP contribution in [0, 0.1) is 5.92 Å². The number of carbonyl (C=O) groups is 1. The lowest BCUT2D eigenvalue weighted by Gasteiger charge is -2.16. The average molecular weight is 789 g/mol. The summed E-state index contributed by atoms with van der Waals surface area (Å²) in [5, 5.41) is 0. The molecular weight excluding hydrogens is 743 g/mol. The highest BCUT2D eigenvalue weighted by Gasteiger charge is 2.44. The third kappa shape index (κ3) is 14.0. The van der Waals surface area contributed by atoms with Crippen LogP contribution in [0.2, 0.25) is 0 Å². The van der Waals surface area contributed by atoms with Crippen LogP contribution >= 0.6 is 23.9 Å². The van der Waals surface area contributed by atoms with Crippen LogP contribution in [0.3, 0.4) is 0 Å². The number of carbonyl (C=O) groups excluding carboxylic acids is 1. The van der Waals surface area contributed by atoms with Gasteiger partial charge >= 0.3 is 29.9 Å². The minimum atomic E-state index is -5.39. The maximum absolute atomic E-state index is 12.4. The third-order valence-electron chi connectivity index (χ3n) is 7.94. The largest absolute Gasteiger partial charge is 0.710 e. The lowest BCUT2D eigenvalue weighted by Crippen LogP contribution is -2.14. The zero-order chi connectivity index (χ0) is 37.6. The highest BCUT2D eigenvalue weighted by atomic mass is 31.3. The first-order chi connectivity index (χ1) is 24.8. The summed E-state index contributed by atoms with van der Waals surface area (Å²) in [5.74, 6) is -0.446. The summed E-state index contributed by atoms with van der Waals surface area (Å²) < 4.78 is 66.9. The van der Waals surface area contributed by atoms with Crippen LogP contribution in [0.15, 0.2) is 47.5 Å². The van der Waals surface area contributed by atoms with Crippen molar-refractivity contribution < 1.29 is 55.4 Å². The molecule has 0 amide bonds. The van der Waals surface area contributed by atoms with Gasteiger partial charge in [0.1, 0.15) is 5.75 Å². The molecule has 2 heterocycles. The standard InChI is InChI=1S/C31H44N5O13P3/c1-2-3-4-5-6-7-8-9-10-11-27(37)47-26-16-13-23(14-17-26)19-44-22-45-50(39)48-52(42,43)49-51(40,41)46-20-24-12-15-25(18-24)36-21-33-28-29(36)34-31(32)35-30(28)38/h12-17,21,24-25H,2-11,18-20,22H2,1H3,(H4-,32,34,35,38,40,41,42,43)/p+1/t24-,25?/m1/s1. The van der Waals surface area contributed by atoms with Crippen molar-refractivity contribution in [1.82, 2.24) is 19.5 Å². The molecule has 5 atom stereocenters. The molecule has 21 heteroatoms. The number of unbranched alkanes of at least 4 members (excludes halogenated alkanes) is 8. The number of rotatable bonds is 24. The SMILES string of the molecule is CCCCCCCCCCCC(=O)Oc1ccc(COCO[P+](=O)OP(=O)(O)OP(=O)(O)OC[C@@H]2C=CC(n3cnc4c(=O)[nH]c(N)nc43)C2)cc1. The molecule has 0 fully saturated rings. The first kappa shape index (κ1) is 41.6. The molecule has 3 aromatic rings. The number of aromatic amines is 1. The molecule has 4 rings (SSSR count). The Morgan fingerprint density at radius 3 is 2.44 bits per heavy atom. The summed E-state index contributed by atoms with van der Waals surface area (Å²) in [4.78, 5) is 54.5. The van der Waals surface area contributed by atoms with E-state index >= 15 is 0 Å². The first-order valence-electron chi connectivity index (χ1n) is 16.9. The number of H-pyrrole nitrogens is 1. The second-order valence-electron chi connectivity index (χ2n) is 12.1. The molecule has 0 radical (unpaired) electrons. The Bertz CT molecular complexity index is 1820. The van der Waals surface area contributed by atoms with Crippen molar-refractivity contribution in [1.29, 1.82) is 0 Å². The summed E-state index contributed by atoms with van der Waals surface area (Å²) in [6, 6.07) is 6.18. The summed E-state index contributed by atoms with van der Waals surface area (Å²) in [6.07, 6.45) is 15.9. The van der Waals surface area contributed by atoms with Crippen LogP contribution in [-0.4, -0.2) is 48.7 Å². The number of esters is 1. The Morgan fingerprint density at radius 2 is 1.73 bits per heavy atom. The van der Waals surface area contributed by atoms with E-state index in [-0.39, 0.29) is 35.7 Å². The number of hydrogen-bond donors (Lipinski definition) is 4. The van der Waals surface area contributed by atoms with E-state index in [1.165, 1.54) is 44.9 Å². The second kappa shape index (κ2) is 20.4. The fourth-order valence-corrected chi connectivity index (χ4v) is 8.41. The molecule has 0 spiro atoms. The number of nitrogen functional groups attached to an aromatic ring is 1. The van der Waals surface area contributed by atoms with Crippen molar-refractivity contribution in [3.05, 3.63) is 58.7 Å². The maximum Gasteiger partial charge on any atom is 0.710 e. The number of nitrogens with zero attached hydrogens (tertiary/aromatic N) is 3. The normalized spacial score (nSPS) is 18.3. The minimum absolute atomic E-state index is 0.0147. The predicted molar refractivity (Wildman–Crippen MR) is 189 cm³/mol. The fourth-order valence-electron chi connectivity index (χ4n) is 5.39. The van der Waals surface area contributed by atoms with Crippen molar-refractivity contribution in [3.63, 3.8) is 0 Å². The van der Waals surface area contributed by atoms with E-state index in [0.29, 0.717) is 24.2 Å². The van der Waals surface area contributed by atoms with E-state index in [1.807, 2.05) is 0 Å². The van der Waals surface area contributed by atoms with Crippen LogP contribution in [-0.2, 0) is 47.5 Å². The monoisotopic (exact) mass is 788 g/mol. The average Bonchev–Trinajstić information content (AvgIpc) is 3.72. The van der Waals surface area contributed by atoms with Crippen LogP contribution in [0.25, 0.3) is 11.2 Å². The lowest BCUT2D eigenvalue weighted by atomic mass is 10.1. The number of nitrogens with one attached hydrogen (secondary N) is 1. The highest BCUT2D eigenvalue weighted by molar-refractivity contribution is 7.64. The van der Waals surface area contributed by atoms with Gasteiger partial charge in [-0.15, -0.1) is 0 Å². The highest BCUT2D eigenvalue weighted by Crippen LogP contribution is 2.64. The molecular formula is C31H45N5O13P3+. The smallest absolute Gasteiger partial charge is 0.427 e. The molecule has 5 N–H and O–H groups in total. The summed E-state index contributed by atoms with van der Waals surface area (Å²) >= 11 is 0. The van der Waals surface area contributed by atoms with Gasteiger partial charge in [0.15, 0.2) is 11.2 Å². The van der Waals surface area contributed by atoms with E-state index < -0.39 is 48.8 Å². The van der Waals surface area contributed by atoms with Crippen molar-refractivity contribution in [2.24, 2.45) is 5.92 Å². The van der Waals surface area contributed by atoms with Crippen LogP contribution in [0.5, 0.6) is 5.75 Å². The topological polar surface area (TPSA) is 254 Å². The Morgan fingerprint density at radius 1 is 1.04 bits per heavy atom. The molecule has 1 aliphatic carbocycles. The maximum atomic E-state index is 12.4. The zero-order valence-electron chi connectivity index (χ0n) is 28.7.